The summed E-state index contributed by atoms with van der Waals surface area (Å²) in [4.78, 5) is 33.8. The van der Waals surface area contributed by atoms with Crippen LogP contribution >= 0.6 is 0 Å². The van der Waals surface area contributed by atoms with Gasteiger partial charge in [-0.05, 0) is 88.8 Å². The molecule has 1 unspecified atom stereocenters. The number of rotatable bonds is 6. The molecule has 2 aliphatic rings. The van der Waals surface area contributed by atoms with Gasteiger partial charge in [0.2, 0.25) is 5.91 Å². The molecular formula is C30H45N3O4. The topological polar surface area (TPSA) is 74.9 Å². The van der Waals surface area contributed by atoms with Gasteiger partial charge in [0.25, 0.3) is 0 Å². The van der Waals surface area contributed by atoms with Gasteiger partial charge in [0.1, 0.15) is 11.4 Å². The van der Waals surface area contributed by atoms with Crippen LogP contribution in [0.25, 0.3) is 10.9 Å². The first-order chi connectivity index (χ1) is 17.5. The maximum atomic E-state index is 13.9. The molecule has 1 aromatic heterocycles. The summed E-state index contributed by atoms with van der Waals surface area (Å²) in [5, 5.41) is 1.24. The fraction of sp³-hybridized carbons (Fsp3) is 0.667. The Morgan fingerprint density at radius 3 is 2.49 bits per heavy atom. The predicted octanol–water partition coefficient (Wildman–Crippen LogP) is 6.32. The second kappa shape index (κ2) is 11.0. The van der Waals surface area contributed by atoms with Gasteiger partial charge in [0, 0.05) is 48.7 Å². The SMILES string of the molecule is COc1ccc2c3c([nH]c2c1)C(CC(C)C)N(C(=O)C1CCC(CN(C)C(=O)OC(C)(C)C)CC1)CC3. The van der Waals surface area contributed by atoms with Gasteiger partial charge in [0.15, 0.2) is 0 Å². The van der Waals surface area contributed by atoms with Crippen LogP contribution in [-0.4, -0.2) is 59.6 Å². The van der Waals surface area contributed by atoms with Crippen molar-refractivity contribution < 1.29 is 19.1 Å². The minimum Gasteiger partial charge on any atom is -0.497 e. The zero-order valence-corrected chi connectivity index (χ0v) is 23.7. The van der Waals surface area contributed by atoms with Gasteiger partial charge in [0.05, 0.1) is 13.2 Å². The number of amides is 2. The Kier molecular flexibility index (Phi) is 8.10. The summed E-state index contributed by atoms with van der Waals surface area (Å²) in [5.41, 5.74) is 3.14. The molecule has 0 radical (unpaired) electrons. The van der Waals surface area contributed by atoms with Crippen molar-refractivity contribution in [2.75, 3.05) is 27.2 Å². The van der Waals surface area contributed by atoms with E-state index >= 15 is 0 Å². The van der Waals surface area contributed by atoms with Gasteiger partial charge < -0.3 is 24.3 Å². The van der Waals surface area contributed by atoms with Gasteiger partial charge >= 0.3 is 6.09 Å². The molecule has 0 bridgehead atoms. The number of aromatic nitrogens is 1. The van der Waals surface area contributed by atoms with E-state index in [-0.39, 0.29) is 18.1 Å². The molecule has 37 heavy (non-hydrogen) atoms. The number of H-pyrrole nitrogens is 1. The minimum absolute atomic E-state index is 0.0590. The maximum absolute atomic E-state index is 13.9. The number of methoxy groups -OCH3 is 1. The molecular weight excluding hydrogens is 466 g/mol. The van der Waals surface area contributed by atoms with E-state index in [0.717, 1.165) is 56.3 Å². The van der Waals surface area contributed by atoms with Crippen LogP contribution in [0.4, 0.5) is 4.79 Å². The lowest BCUT2D eigenvalue weighted by molar-refractivity contribution is -0.140. The summed E-state index contributed by atoms with van der Waals surface area (Å²) in [7, 11) is 3.50. The molecule has 2 heterocycles. The summed E-state index contributed by atoms with van der Waals surface area (Å²) in [6.45, 7) is 11.6. The number of nitrogens with one attached hydrogen (secondary N) is 1. The highest BCUT2D eigenvalue weighted by Gasteiger charge is 2.38. The first-order valence-corrected chi connectivity index (χ1v) is 13.9. The molecule has 1 fully saturated rings. The van der Waals surface area contributed by atoms with E-state index in [1.54, 1.807) is 12.0 Å². The van der Waals surface area contributed by atoms with E-state index in [1.165, 1.54) is 16.6 Å². The van der Waals surface area contributed by atoms with Crippen LogP contribution < -0.4 is 4.74 Å². The maximum Gasteiger partial charge on any atom is 0.410 e. The quantitative estimate of drug-likeness (QED) is 0.492. The molecule has 204 valence electrons. The third-order valence-corrected chi connectivity index (χ3v) is 7.87. The molecule has 1 aliphatic heterocycles. The smallest absolute Gasteiger partial charge is 0.410 e. The Morgan fingerprint density at radius 1 is 1.16 bits per heavy atom. The van der Waals surface area contributed by atoms with Crippen molar-refractivity contribution in [3.8, 4) is 5.75 Å². The number of aromatic amines is 1. The number of hydrogen-bond acceptors (Lipinski definition) is 4. The Balaban J connectivity index is 1.43. The van der Waals surface area contributed by atoms with Crippen LogP contribution in [-0.2, 0) is 16.0 Å². The summed E-state index contributed by atoms with van der Waals surface area (Å²) < 4.78 is 10.9. The Morgan fingerprint density at radius 2 is 1.86 bits per heavy atom. The zero-order valence-electron chi connectivity index (χ0n) is 23.7. The van der Waals surface area contributed by atoms with E-state index in [2.05, 4.69) is 35.9 Å². The van der Waals surface area contributed by atoms with Crippen molar-refractivity contribution >= 4 is 22.9 Å². The van der Waals surface area contributed by atoms with Crippen molar-refractivity contribution in [2.24, 2.45) is 17.8 Å². The summed E-state index contributed by atoms with van der Waals surface area (Å²) in [6.07, 6.45) is 5.23. The number of hydrogen-bond donors (Lipinski definition) is 1. The van der Waals surface area contributed by atoms with Crippen LogP contribution in [0.1, 0.15) is 84.0 Å². The van der Waals surface area contributed by atoms with Crippen molar-refractivity contribution in [1.29, 1.82) is 0 Å². The first kappa shape index (κ1) is 27.3. The van der Waals surface area contributed by atoms with Crippen LogP contribution in [0.3, 0.4) is 0 Å². The monoisotopic (exact) mass is 511 g/mol. The standard InChI is InChI=1S/C30H45N3O4/c1-19(2)16-26-27-24(23-13-12-22(36-7)17-25(23)31-27)14-15-33(26)28(34)21-10-8-20(9-11-21)18-32(6)29(35)37-30(3,4)5/h12-13,17,19-21,26,31H,8-11,14-16,18H2,1-7H3. The molecule has 2 amide bonds. The number of ether oxygens (including phenoxy) is 2. The van der Waals surface area contributed by atoms with Crippen LogP contribution in [0.2, 0.25) is 0 Å². The fourth-order valence-corrected chi connectivity index (χ4v) is 6.06. The van der Waals surface area contributed by atoms with Gasteiger partial charge in [-0.3, -0.25) is 4.79 Å². The number of fused-ring (bicyclic) bond motifs is 3. The van der Waals surface area contributed by atoms with Crippen LogP contribution in [0, 0.1) is 17.8 Å². The van der Waals surface area contributed by atoms with E-state index in [1.807, 2.05) is 33.9 Å². The molecule has 1 aliphatic carbocycles. The molecule has 1 N–H and O–H groups in total. The van der Waals surface area contributed by atoms with Crippen LogP contribution in [0.5, 0.6) is 5.75 Å². The van der Waals surface area contributed by atoms with E-state index in [9.17, 15) is 9.59 Å². The Bertz CT molecular complexity index is 1110. The molecule has 1 atom stereocenters. The number of benzene rings is 1. The van der Waals surface area contributed by atoms with Crippen molar-refractivity contribution in [3.63, 3.8) is 0 Å². The lowest BCUT2D eigenvalue weighted by atomic mass is 9.80. The lowest BCUT2D eigenvalue weighted by Gasteiger charge is -2.40. The van der Waals surface area contributed by atoms with Gasteiger partial charge in [-0.25, -0.2) is 4.79 Å². The number of carbonyl (C=O) groups is 2. The summed E-state index contributed by atoms with van der Waals surface area (Å²) in [5.74, 6) is 2.08. The van der Waals surface area contributed by atoms with Gasteiger partial charge in [-0.2, -0.15) is 0 Å². The van der Waals surface area contributed by atoms with Crippen molar-refractivity contribution in [2.45, 2.75) is 84.8 Å². The van der Waals surface area contributed by atoms with Crippen molar-refractivity contribution in [1.82, 2.24) is 14.8 Å². The first-order valence-electron chi connectivity index (χ1n) is 13.9. The second-order valence-electron chi connectivity index (χ2n) is 12.4. The Labute approximate surface area is 221 Å². The van der Waals surface area contributed by atoms with Gasteiger partial charge in [-0.15, -0.1) is 0 Å². The number of nitrogens with zero attached hydrogens (tertiary/aromatic N) is 2. The molecule has 1 saturated carbocycles. The Hall–Kier alpha value is -2.70. The molecule has 7 heteroatoms. The highest BCUT2D eigenvalue weighted by molar-refractivity contribution is 5.87. The van der Waals surface area contributed by atoms with E-state index < -0.39 is 5.60 Å². The summed E-state index contributed by atoms with van der Waals surface area (Å²) >= 11 is 0. The third-order valence-electron chi connectivity index (χ3n) is 7.87. The summed E-state index contributed by atoms with van der Waals surface area (Å²) in [6, 6.07) is 6.29. The van der Waals surface area contributed by atoms with Crippen LogP contribution in [0.15, 0.2) is 18.2 Å². The predicted molar refractivity (Wildman–Crippen MR) is 147 cm³/mol. The minimum atomic E-state index is -0.493. The highest BCUT2D eigenvalue weighted by Crippen LogP contribution is 2.41. The average molecular weight is 512 g/mol. The van der Waals surface area contributed by atoms with E-state index in [4.69, 9.17) is 9.47 Å². The molecule has 1 aromatic carbocycles. The largest absolute Gasteiger partial charge is 0.497 e. The lowest BCUT2D eigenvalue weighted by Crippen LogP contribution is -2.45. The molecule has 7 nitrogen and oxygen atoms in total. The second-order valence-corrected chi connectivity index (χ2v) is 12.4. The fourth-order valence-electron chi connectivity index (χ4n) is 6.06. The normalized spacial score (nSPS) is 22.2. The average Bonchev–Trinajstić information content (AvgIpc) is 3.21. The molecule has 2 aromatic rings. The molecule has 0 saturated heterocycles. The molecule has 4 rings (SSSR count). The third kappa shape index (κ3) is 6.24. The van der Waals surface area contributed by atoms with Gasteiger partial charge in [-0.1, -0.05) is 13.8 Å². The molecule has 0 spiro atoms. The zero-order chi connectivity index (χ0) is 26.9. The highest BCUT2D eigenvalue weighted by atomic mass is 16.6. The van der Waals surface area contributed by atoms with E-state index in [0.29, 0.717) is 24.3 Å². The number of carbonyl (C=O) groups excluding carboxylic acids is 2. The van der Waals surface area contributed by atoms with Crippen molar-refractivity contribution in [3.05, 3.63) is 29.5 Å².